The fraction of sp³-hybridized carbons (Fsp3) is 0.556. The molecule has 1 aromatic carbocycles. The summed E-state index contributed by atoms with van der Waals surface area (Å²) in [6.07, 6.45) is 3.36. The summed E-state index contributed by atoms with van der Waals surface area (Å²) in [5, 5.41) is 0. The maximum Gasteiger partial charge on any atom is 0.306 e. The Bertz CT molecular complexity index is 442. The second-order valence-corrected chi connectivity index (χ2v) is 5.23. The first-order valence-corrected chi connectivity index (χ1v) is 8.07. The average Bonchev–Trinajstić information content (AvgIpc) is 2.53. The third-order valence-corrected chi connectivity index (χ3v) is 3.34. The fourth-order valence-corrected chi connectivity index (χ4v) is 2.05. The summed E-state index contributed by atoms with van der Waals surface area (Å²) < 4.78 is 10.5. The van der Waals surface area contributed by atoms with Crippen LogP contribution in [0.1, 0.15) is 64.0 Å². The van der Waals surface area contributed by atoms with E-state index in [9.17, 15) is 9.59 Å². The second-order valence-electron chi connectivity index (χ2n) is 5.23. The molecule has 0 aliphatic heterocycles. The van der Waals surface area contributed by atoms with E-state index in [0.29, 0.717) is 13.0 Å². The second kappa shape index (κ2) is 10.8. The molecule has 0 bridgehead atoms. The van der Waals surface area contributed by atoms with Crippen molar-refractivity contribution in [2.24, 2.45) is 0 Å². The van der Waals surface area contributed by atoms with E-state index in [4.69, 9.17) is 9.47 Å². The highest BCUT2D eigenvalue weighted by Gasteiger charge is 2.15. The van der Waals surface area contributed by atoms with Crippen molar-refractivity contribution in [1.29, 1.82) is 0 Å². The predicted molar refractivity (Wildman–Crippen MR) is 85.3 cm³/mol. The molecule has 0 saturated carbocycles. The van der Waals surface area contributed by atoms with Gasteiger partial charge in [-0.05, 0) is 24.8 Å². The van der Waals surface area contributed by atoms with E-state index in [1.54, 1.807) is 0 Å². The van der Waals surface area contributed by atoms with E-state index in [0.717, 1.165) is 24.8 Å². The van der Waals surface area contributed by atoms with Crippen molar-refractivity contribution in [3.8, 4) is 0 Å². The molecule has 1 atom stereocenters. The first-order chi connectivity index (χ1) is 10.7. The number of rotatable bonds is 10. The van der Waals surface area contributed by atoms with Gasteiger partial charge < -0.3 is 9.47 Å². The molecule has 0 radical (unpaired) electrons. The molecule has 1 aromatic rings. The van der Waals surface area contributed by atoms with Gasteiger partial charge in [-0.1, -0.05) is 50.6 Å². The van der Waals surface area contributed by atoms with Crippen LogP contribution in [0, 0.1) is 0 Å². The van der Waals surface area contributed by atoms with Crippen LogP contribution in [0.4, 0.5) is 0 Å². The lowest BCUT2D eigenvalue weighted by Gasteiger charge is -2.16. The molecule has 0 spiro atoms. The summed E-state index contributed by atoms with van der Waals surface area (Å²) in [7, 11) is 0. The van der Waals surface area contributed by atoms with Crippen molar-refractivity contribution in [3.63, 3.8) is 0 Å². The molecule has 0 N–H and O–H groups in total. The fourth-order valence-electron chi connectivity index (χ4n) is 2.05. The number of hydrogen-bond acceptors (Lipinski definition) is 4. The average molecular weight is 306 g/mol. The molecule has 22 heavy (non-hydrogen) atoms. The van der Waals surface area contributed by atoms with Gasteiger partial charge in [0.1, 0.15) is 6.10 Å². The summed E-state index contributed by atoms with van der Waals surface area (Å²) in [6, 6.07) is 9.69. The third-order valence-electron chi connectivity index (χ3n) is 3.34. The Morgan fingerprint density at radius 3 is 2.32 bits per heavy atom. The highest BCUT2D eigenvalue weighted by molar-refractivity contribution is 5.72. The maximum atomic E-state index is 11.9. The summed E-state index contributed by atoms with van der Waals surface area (Å²) in [6.45, 7) is 4.49. The molecule has 0 aliphatic rings. The van der Waals surface area contributed by atoms with E-state index >= 15 is 0 Å². The summed E-state index contributed by atoms with van der Waals surface area (Å²) in [4.78, 5) is 23.3. The van der Waals surface area contributed by atoms with Crippen LogP contribution < -0.4 is 0 Å². The number of carbonyl (C=O) groups excluding carboxylic acids is 2. The van der Waals surface area contributed by atoms with Crippen molar-refractivity contribution < 1.29 is 19.1 Å². The molecule has 0 amide bonds. The van der Waals surface area contributed by atoms with Crippen LogP contribution in [0.5, 0.6) is 0 Å². The SMILES string of the molecule is CCCCOC(=O)CCCC(=O)OC(CC)c1ccccc1. The minimum Gasteiger partial charge on any atom is -0.466 e. The maximum absolute atomic E-state index is 11.9. The van der Waals surface area contributed by atoms with Gasteiger partial charge in [-0.25, -0.2) is 0 Å². The Hall–Kier alpha value is -1.84. The highest BCUT2D eigenvalue weighted by atomic mass is 16.5. The third kappa shape index (κ3) is 7.25. The standard InChI is InChI=1S/C18H26O4/c1-3-5-14-21-17(19)12-9-13-18(20)22-16(4-2)15-10-7-6-8-11-15/h6-8,10-11,16H,3-5,9,12-14H2,1-2H3. The van der Waals surface area contributed by atoms with Gasteiger partial charge in [0.25, 0.3) is 0 Å². The van der Waals surface area contributed by atoms with Gasteiger partial charge in [-0.2, -0.15) is 0 Å². The summed E-state index contributed by atoms with van der Waals surface area (Å²) >= 11 is 0. The first kappa shape index (κ1) is 18.2. The predicted octanol–water partition coefficient (Wildman–Crippen LogP) is 4.19. The molecular weight excluding hydrogens is 280 g/mol. The topological polar surface area (TPSA) is 52.6 Å². The van der Waals surface area contributed by atoms with E-state index in [1.165, 1.54) is 0 Å². The van der Waals surface area contributed by atoms with Crippen LogP contribution in [0.2, 0.25) is 0 Å². The van der Waals surface area contributed by atoms with Gasteiger partial charge in [0.2, 0.25) is 0 Å². The molecule has 4 nitrogen and oxygen atoms in total. The Balaban J connectivity index is 2.26. The van der Waals surface area contributed by atoms with E-state index < -0.39 is 0 Å². The normalized spacial score (nSPS) is 11.7. The Labute approximate surface area is 132 Å². The molecule has 0 aromatic heterocycles. The molecule has 122 valence electrons. The molecule has 0 fully saturated rings. The molecule has 4 heteroatoms. The van der Waals surface area contributed by atoms with E-state index in [2.05, 4.69) is 0 Å². The number of carbonyl (C=O) groups is 2. The molecule has 0 aliphatic carbocycles. The smallest absolute Gasteiger partial charge is 0.306 e. The van der Waals surface area contributed by atoms with Gasteiger partial charge in [0.15, 0.2) is 0 Å². The van der Waals surface area contributed by atoms with Gasteiger partial charge >= 0.3 is 11.9 Å². The monoisotopic (exact) mass is 306 g/mol. The molecular formula is C18H26O4. The largest absolute Gasteiger partial charge is 0.466 e. The van der Waals surface area contributed by atoms with Crippen molar-refractivity contribution in [2.75, 3.05) is 6.61 Å². The molecule has 1 rings (SSSR count). The van der Waals surface area contributed by atoms with Crippen LogP contribution in [0.25, 0.3) is 0 Å². The molecule has 1 unspecified atom stereocenters. The number of esters is 2. The van der Waals surface area contributed by atoms with Gasteiger partial charge in [0.05, 0.1) is 6.61 Å². The van der Waals surface area contributed by atoms with Gasteiger partial charge in [-0.3, -0.25) is 9.59 Å². The zero-order valence-electron chi connectivity index (χ0n) is 13.5. The molecule has 0 saturated heterocycles. The van der Waals surface area contributed by atoms with Crippen molar-refractivity contribution in [1.82, 2.24) is 0 Å². The quantitative estimate of drug-likeness (QED) is 0.480. The zero-order valence-corrected chi connectivity index (χ0v) is 13.5. The number of unbranched alkanes of at least 4 members (excludes halogenated alkanes) is 1. The number of benzene rings is 1. The van der Waals surface area contributed by atoms with Crippen LogP contribution in [0.3, 0.4) is 0 Å². The van der Waals surface area contributed by atoms with Crippen LogP contribution in [0.15, 0.2) is 30.3 Å². The lowest BCUT2D eigenvalue weighted by atomic mass is 10.1. The number of ether oxygens (including phenoxy) is 2. The summed E-state index contributed by atoms with van der Waals surface area (Å²) in [5.74, 6) is -0.506. The lowest BCUT2D eigenvalue weighted by molar-refractivity contribution is -0.150. The van der Waals surface area contributed by atoms with Crippen LogP contribution in [-0.4, -0.2) is 18.5 Å². The van der Waals surface area contributed by atoms with Gasteiger partial charge in [-0.15, -0.1) is 0 Å². The number of hydrogen-bond donors (Lipinski definition) is 0. The van der Waals surface area contributed by atoms with Crippen LogP contribution in [-0.2, 0) is 19.1 Å². The van der Waals surface area contributed by atoms with Crippen molar-refractivity contribution >= 4 is 11.9 Å². The molecule has 0 heterocycles. The Morgan fingerprint density at radius 1 is 1.00 bits per heavy atom. The first-order valence-electron chi connectivity index (χ1n) is 8.07. The van der Waals surface area contributed by atoms with E-state index in [-0.39, 0.29) is 30.9 Å². The Morgan fingerprint density at radius 2 is 1.68 bits per heavy atom. The Kier molecular flexibility index (Phi) is 8.96. The zero-order chi connectivity index (χ0) is 16.2. The van der Waals surface area contributed by atoms with Gasteiger partial charge in [0, 0.05) is 12.8 Å². The summed E-state index contributed by atoms with van der Waals surface area (Å²) in [5.41, 5.74) is 0.998. The minimum atomic E-state index is -0.267. The lowest BCUT2D eigenvalue weighted by Crippen LogP contribution is -2.12. The van der Waals surface area contributed by atoms with Crippen molar-refractivity contribution in [3.05, 3.63) is 35.9 Å². The van der Waals surface area contributed by atoms with Crippen molar-refractivity contribution in [2.45, 2.75) is 58.5 Å². The van der Waals surface area contributed by atoms with E-state index in [1.807, 2.05) is 44.2 Å². The highest BCUT2D eigenvalue weighted by Crippen LogP contribution is 2.21. The van der Waals surface area contributed by atoms with Crippen LogP contribution >= 0.6 is 0 Å². The minimum absolute atomic E-state index is 0.217.